The van der Waals surface area contributed by atoms with Gasteiger partial charge in [0.15, 0.2) is 0 Å². The van der Waals surface area contributed by atoms with E-state index in [0.717, 1.165) is 0 Å². The maximum Gasteiger partial charge on any atom is 0.0636 e. The summed E-state index contributed by atoms with van der Waals surface area (Å²) in [6.07, 6.45) is 0. The molecule has 0 fully saturated rings. The molecule has 5 heavy (non-hydrogen) atoms. The molecule has 0 unspecified atom stereocenters. The van der Waals surface area contributed by atoms with Crippen LogP contribution in [0.2, 0.25) is 0 Å². The Hall–Kier alpha value is -0.300. The fourth-order valence-electron chi connectivity index (χ4n) is 0. The minimum atomic E-state index is -0.0521. The molecule has 0 bridgehead atoms. The number of aliphatic hydroxyl groups is 1. The van der Waals surface area contributed by atoms with Crippen LogP contribution in [0, 0.1) is 0 Å². The van der Waals surface area contributed by atoms with E-state index >= 15 is 0 Å². The second kappa shape index (κ2) is 1.97. The van der Waals surface area contributed by atoms with Gasteiger partial charge in [0, 0.05) is 1.37 Å². The smallest absolute Gasteiger partial charge is 0.0636 e. The summed E-state index contributed by atoms with van der Waals surface area (Å²) in [5.74, 6) is 0. The van der Waals surface area contributed by atoms with Gasteiger partial charge in [0.05, 0.1) is 6.61 Å². The molecule has 0 atom stereocenters. The van der Waals surface area contributed by atoms with Crippen molar-refractivity contribution in [3.05, 3.63) is 12.2 Å². The zero-order valence-electron chi connectivity index (χ0n) is 4.07. The predicted octanol–water partition coefficient (Wildman–Crippen LogP) is 0.555. The molecule has 0 aromatic carbocycles. The third-order valence-corrected chi connectivity index (χ3v) is 0.224. The molecule has 0 spiro atoms. The van der Waals surface area contributed by atoms with Crippen molar-refractivity contribution >= 4 is 0 Å². The monoisotopic (exact) mass is 73.1 g/mol. The molecule has 0 rings (SSSR count). The molecular weight excluding hydrogens is 64.0 g/mol. The van der Waals surface area contributed by atoms with Crippen LogP contribution < -0.4 is 0 Å². The SMILES string of the molecule is [2H]CC(=C)CO. The third kappa shape index (κ3) is 3.70. The summed E-state index contributed by atoms with van der Waals surface area (Å²) in [5.41, 5.74) is 0.565. The van der Waals surface area contributed by atoms with Crippen molar-refractivity contribution in [2.24, 2.45) is 0 Å². The second-order valence-electron chi connectivity index (χ2n) is 0.908. The van der Waals surface area contributed by atoms with Crippen LogP contribution in [0.1, 0.15) is 8.27 Å². The van der Waals surface area contributed by atoms with Crippen molar-refractivity contribution in [3.8, 4) is 0 Å². The third-order valence-electron chi connectivity index (χ3n) is 0.224. The molecule has 0 aromatic heterocycles. The van der Waals surface area contributed by atoms with E-state index in [9.17, 15) is 0 Å². The predicted molar refractivity (Wildman–Crippen MR) is 21.9 cm³/mol. The van der Waals surface area contributed by atoms with Gasteiger partial charge in [-0.3, -0.25) is 0 Å². The Morgan fingerprint density at radius 3 is 3.00 bits per heavy atom. The van der Waals surface area contributed by atoms with Gasteiger partial charge in [-0.25, -0.2) is 0 Å². The van der Waals surface area contributed by atoms with Crippen LogP contribution in [0.3, 0.4) is 0 Å². The Labute approximate surface area is 33.3 Å². The summed E-state index contributed by atoms with van der Waals surface area (Å²) in [6, 6.07) is 0. The zero-order chi connectivity index (χ0) is 4.99. The average Bonchev–Trinajstić information content (AvgIpc) is 1.65. The van der Waals surface area contributed by atoms with Crippen molar-refractivity contribution in [3.63, 3.8) is 0 Å². The molecule has 0 aromatic rings. The molecule has 1 N–H and O–H groups in total. The van der Waals surface area contributed by atoms with Crippen LogP contribution in [-0.2, 0) is 0 Å². The number of rotatable bonds is 1. The van der Waals surface area contributed by atoms with Crippen LogP contribution in [0.25, 0.3) is 0 Å². The molecule has 0 saturated heterocycles. The maximum absolute atomic E-state index is 8.12. The quantitative estimate of drug-likeness (QED) is 0.449. The van der Waals surface area contributed by atoms with Gasteiger partial charge in [0.1, 0.15) is 0 Å². The van der Waals surface area contributed by atoms with Crippen LogP contribution in [-0.4, -0.2) is 11.7 Å². The standard InChI is InChI=1S/C4H8O/c1-4(2)3-5/h5H,1,3H2,2H3/i2D. The lowest BCUT2D eigenvalue weighted by Crippen LogP contribution is -1.76. The van der Waals surface area contributed by atoms with Crippen LogP contribution in [0.15, 0.2) is 12.2 Å². The molecule has 0 aliphatic carbocycles. The maximum atomic E-state index is 8.12. The van der Waals surface area contributed by atoms with E-state index in [2.05, 4.69) is 6.58 Å². The van der Waals surface area contributed by atoms with Gasteiger partial charge in [-0.05, 0) is 6.90 Å². The fraction of sp³-hybridized carbons (Fsp3) is 0.500. The molecule has 1 nitrogen and oxygen atoms in total. The van der Waals surface area contributed by atoms with Gasteiger partial charge in [-0.2, -0.15) is 0 Å². The summed E-state index contributed by atoms with van der Waals surface area (Å²) in [7, 11) is 0. The minimum Gasteiger partial charge on any atom is -0.392 e. The molecule has 0 saturated carbocycles. The van der Waals surface area contributed by atoms with E-state index in [4.69, 9.17) is 6.48 Å². The van der Waals surface area contributed by atoms with Crippen LogP contribution >= 0.6 is 0 Å². The first kappa shape index (κ1) is 2.91. The first-order valence-electron chi connectivity index (χ1n) is 2.08. The fourth-order valence-corrected chi connectivity index (χ4v) is 0. The van der Waals surface area contributed by atoms with E-state index in [1.807, 2.05) is 0 Å². The summed E-state index contributed by atoms with van der Waals surface area (Å²) >= 11 is 0. The lowest BCUT2D eigenvalue weighted by molar-refractivity contribution is 0.332. The van der Waals surface area contributed by atoms with Gasteiger partial charge in [-0.15, -0.1) is 0 Å². The molecule has 0 amide bonds. The Morgan fingerprint density at radius 1 is 2.40 bits per heavy atom. The Bertz CT molecular complexity index is 45.5. The van der Waals surface area contributed by atoms with Gasteiger partial charge in [0.25, 0.3) is 0 Å². The minimum absolute atomic E-state index is 0.0521. The van der Waals surface area contributed by atoms with Crippen molar-refractivity contribution < 1.29 is 6.48 Å². The Balaban J connectivity index is 2.99. The van der Waals surface area contributed by atoms with Crippen molar-refractivity contribution in [1.29, 1.82) is 0 Å². The second-order valence-corrected chi connectivity index (χ2v) is 0.908. The molecule has 1 heteroatoms. The van der Waals surface area contributed by atoms with Crippen molar-refractivity contribution in [2.75, 3.05) is 6.61 Å². The summed E-state index contributed by atoms with van der Waals surface area (Å²) in [4.78, 5) is 0. The topological polar surface area (TPSA) is 20.2 Å². The Morgan fingerprint density at radius 2 is 3.00 bits per heavy atom. The summed E-state index contributed by atoms with van der Waals surface area (Å²) in [6.45, 7) is 3.44. The van der Waals surface area contributed by atoms with Gasteiger partial charge in [-0.1, -0.05) is 12.2 Å². The zero-order valence-corrected chi connectivity index (χ0v) is 3.07. The highest BCUT2D eigenvalue weighted by Crippen LogP contribution is 1.76. The largest absolute Gasteiger partial charge is 0.392 e. The molecule has 0 heterocycles. The average molecular weight is 73.1 g/mol. The first-order chi connectivity index (χ1) is 2.81. The van der Waals surface area contributed by atoms with E-state index in [0.29, 0.717) is 5.57 Å². The highest BCUT2D eigenvalue weighted by molar-refractivity contribution is 4.85. The molecular formula is C4H8O. The Kier molecular flexibility index (Phi) is 1.15. The van der Waals surface area contributed by atoms with Gasteiger partial charge >= 0.3 is 0 Å². The highest BCUT2D eigenvalue weighted by Gasteiger charge is 1.69. The van der Waals surface area contributed by atoms with Gasteiger partial charge < -0.3 is 5.11 Å². The van der Waals surface area contributed by atoms with Crippen molar-refractivity contribution in [1.82, 2.24) is 0 Å². The van der Waals surface area contributed by atoms with Crippen molar-refractivity contribution in [2.45, 2.75) is 6.90 Å². The number of hydrogen-bond acceptors (Lipinski definition) is 1. The van der Waals surface area contributed by atoms with Crippen LogP contribution in [0.5, 0.6) is 0 Å². The lowest BCUT2D eigenvalue weighted by Gasteiger charge is -1.79. The number of hydrogen-bond donors (Lipinski definition) is 1. The van der Waals surface area contributed by atoms with Crippen LogP contribution in [0.4, 0.5) is 0 Å². The first-order valence-corrected chi connectivity index (χ1v) is 1.38. The van der Waals surface area contributed by atoms with Gasteiger partial charge in [0.2, 0.25) is 0 Å². The number of aliphatic hydroxyl groups excluding tert-OH is 1. The lowest BCUT2D eigenvalue weighted by atomic mass is 10.4. The van der Waals surface area contributed by atoms with E-state index in [-0.39, 0.29) is 13.5 Å². The molecule has 0 radical (unpaired) electrons. The normalized spacial score (nSPS) is 10.2. The molecule has 0 aliphatic heterocycles. The summed E-state index contributed by atoms with van der Waals surface area (Å²) in [5, 5.41) is 8.12. The summed E-state index contributed by atoms with van der Waals surface area (Å²) < 4.78 is 6.55. The van der Waals surface area contributed by atoms with E-state index in [1.165, 1.54) is 0 Å². The van der Waals surface area contributed by atoms with E-state index in [1.54, 1.807) is 0 Å². The molecule has 0 aliphatic rings. The highest BCUT2D eigenvalue weighted by atomic mass is 16.3. The molecule has 30 valence electrons. The van der Waals surface area contributed by atoms with E-state index < -0.39 is 0 Å².